The minimum Gasteiger partial charge on any atom is -0.478 e. The summed E-state index contributed by atoms with van der Waals surface area (Å²) in [5, 5.41) is 3.53. The van der Waals surface area contributed by atoms with Crippen LogP contribution in [0.25, 0.3) is 0 Å². The number of hydrogen-bond acceptors (Lipinski definition) is 4. The van der Waals surface area contributed by atoms with Gasteiger partial charge in [0.15, 0.2) is 0 Å². The van der Waals surface area contributed by atoms with Crippen LogP contribution in [-0.4, -0.2) is 22.6 Å². The smallest absolute Gasteiger partial charge is 0.226 e. The minimum absolute atomic E-state index is 0.632. The van der Waals surface area contributed by atoms with Gasteiger partial charge in [-0.2, -0.15) is 4.98 Å². The lowest BCUT2D eigenvalue weighted by atomic mass is 10.0. The lowest BCUT2D eigenvalue weighted by molar-refractivity contribution is 0.305. The fourth-order valence-corrected chi connectivity index (χ4v) is 4.37. The summed E-state index contributed by atoms with van der Waals surface area (Å²) in [7, 11) is 0. The summed E-state index contributed by atoms with van der Waals surface area (Å²) >= 11 is 0. The van der Waals surface area contributed by atoms with Gasteiger partial charge in [0.05, 0.1) is 6.61 Å². The van der Waals surface area contributed by atoms with Crippen molar-refractivity contribution in [2.24, 2.45) is 23.7 Å². The van der Waals surface area contributed by atoms with Gasteiger partial charge < -0.3 is 10.1 Å². The molecule has 3 aliphatic rings. The van der Waals surface area contributed by atoms with Crippen LogP contribution in [0.15, 0.2) is 12.3 Å². The largest absolute Gasteiger partial charge is 0.478 e. The van der Waals surface area contributed by atoms with Gasteiger partial charge in [-0.3, -0.25) is 0 Å². The van der Waals surface area contributed by atoms with Crippen molar-refractivity contribution < 1.29 is 4.74 Å². The highest BCUT2D eigenvalue weighted by molar-refractivity contribution is 5.35. The summed E-state index contributed by atoms with van der Waals surface area (Å²) in [4.78, 5) is 8.77. The van der Waals surface area contributed by atoms with E-state index in [9.17, 15) is 0 Å². The third-order valence-corrected chi connectivity index (χ3v) is 5.12. The van der Waals surface area contributed by atoms with Crippen molar-refractivity contribution in [2.45, 2.75) is 38.6 Å². The summed E-state index contributed by atoms with van der Waals surface area (Å²) in [6.07, 6.45) is 7.17. The molecule has 0 radical (unpaired) electrons. The predicted molar refractivity (Wildman–Crippen MR) is 73.0 cm³/mol. The van der Waals surface area contributed by atoms with Crippen molar-refractivity contribution in [1.29, 1.82) is 0 Å². The molecular formula is C15H21N3O. The van der Waals surface area contributed by atoms with E-state index in [1.165, 1.54) is 19.3 Å². The summed E-state index contributed by atoms with van der Waals surface area (Å²) in [5.41, 5.74) is 0. The number of ether oxygens (including phenoxy) is 1. The zero-order valence-electron chi connectivity index (χ0n) is 11.4. The first kappa shape index (κ1) is 11.5. The van der Waals surface area contributed by atoms with E-state index in [0.717, 1.165) is 42.6 Å². The highest BCUT2D eigenvalue weighted by Gasteiger charge is 2.65. The zero-order valence-corrected chi connectivity index (χ0v) is 11.4. The molecule has 4 heteroatoms. The standard InChI is InChI=1S/C15H21N3O/c1-2-7-19-11-5-6-16-15(17-11)18-14-12-9-3-4-10(8-9)13(12)14/h5-6,9-10,12-14H,2-4,7-8H2,1H3,(H,16,17,18). The SMILES string of the molecule is CCCOc1ccnc(NC2C3C4CCC(C4)C23)n1. The second kappa shape index (κ2) is 4.36. The Morgan fingerprint density at radius 3 is 2.84 bits per heavy atom. The van der Waals surface area contributed by atoms with Gasteiger partial charge in [-0.05, 0) is 49.4 Å². The van der Waals surface area contributed by atoms with Crippen LogP contribution in [-0.2, 0) is 0 Å². The molecule has 0 spiro atoms. The van der Waals surface area contributed by atoms with Crippen molar-refractivity contribution in [3.8, 4) is 5.88 Å². The predicted octanol–water partition coefficient (Wildman–Crippen LogP) is 2.72. The Labute approximate surface area is 114 Å². The summed E-state index contributed by atoms with van der Waals surface area (Å²) in [6, 6.07) is 2.46. The van der Waals surface area contributed by atoms with Crippen molar-refractivity contribution in [3.63, 3.8) is 0 Å². The highest BCUT2D eigenvalue weighted by atomic mass is 16.5. The molecule has 3 fully saturated rings. The maximum Gasteiger partial charge on any atom is 0.226 e. The molecule has 1 heterocycles. The van der Waals surface area contributed by atoms with E-state index >= 15 is 0 Å². The molecule has 2 bridgehead atoms. The second-order valence-corrected chi connectivity index (χ2v) is 6.22. The van der Waals surface area contributed by atoms with E-state index in [-0.39, 0.29) is 0 Å². The average Bonchev–Trinajstić information content (AvgIpc) is 2.84. The Morgan fingerprint density at radius 2 is 2.11 bits per heavy atom. The van der Waals surface area contributed by atoms with E-state index in [1.807, 2.05) is 6.07 Å². The fourth-order valence-electron chi connectivity index (χ4n) is 4.37. The zero-order chi connectivity index (χ0) is 12.8. The van der Waals surface area contributed by atoms with Crippen LogP contribution in [0, 0.1) is 23.7 Å². The average molecular weight is 259 g/mol. The van der Waals surface area contributed by atoms with Crippen LogP contribution in [0.3, 0.4) is 0 Å². The number of fused-ring (bicyclic) bond motifs is 5. The fraction of sp³-hybridized carbons (Fsp3) is 0.733. The summed E-state index contributed by atoms with van der Waals surface area (Å²) in [5.74, 6) is 5.20. The molecule has 4 atom stereocenters. The van der Waals surface area contributed by atoms with Crippen LogP contribution in [0.2, 0.25) is 0 Å². The highest BCUT2D eigenvalue weighted by Crippen LogP contribution is 2.66. The molecule has 102 valence electrons. The molecule has 0 amide bonds. The van der Waals surface area contributed by atoms with Gasteiger partial charge in [0.1, 0.15) is 0 Å². The van der Waals surface area contributed by atoms with Crippen LogP contribution >= 0.6 is 0 Å². The normalized spacial score (nSPS) is 38.1. The van der Waals surface area contributed by atoms with E-state index in [4.69, 9.17) is 4.74 Å². The van der Waals surface area contributed by atoms with E-state index < -0.39 is 0 Å². The lowest BCUT2D eigenvalue weighted by Gasteiger charge is -2.11. The van der Waals surface area contributed by atoms with Crippen LogP contribution in [0.4, 0.5) is 5.95 Å². The van der Waals surface area contributed by atoms with Crippen molar-refractivity contribution in [3.05, 3.63) is 12.3 Å². The van der Waals surface area contributed by atoms with Gasteiger partial charge in [0, 0.05) is 18.3 Å². The molecule has 1 N–H and O–H groups in total. The number of rotatable bonds is 5. The molecule has 4 nitrogen and oxygen atoms in total. The molecule has 3 aliphatic carbocycles. The number of nitrogens with one attached hydrogen (secondary N) is 1. The third kappa shape index (κ3) is 1.88. The van der Waals surface area contributed by atoms with Gasteiger partial charge >= 0.3 is 0 Å². The Kier molecular flexibility index (Phi) is 2.64. The number of hydrogen-bond donors (Lipinski definition) is 1. The molecule has 3 saturated carbocycles. The quantitative estimate of drug-likeness (QED) is 0.883. The van der Waals surface area contributed by atoms with Crippen molar-refractivity contribution in [2.75, 3.05) is 11.9 Å². The van der Waals surface area contributed by atoms with Crippen molar-refractivity contribution in [1.82, 2.24) is 9.97 Å². The van der Waals surface area contributed by atoms with Gasteiger partial charge in [-0.15, -0.1) is 0 Å². The first-order valence-electron chi connectivity index (χ1n) is 7.59. The van der Waals surface area contributed by atoms with Gasteiger partial charge in [-0.1, -0.05) is 6.92 Å². The van der Waals surface area contributed by atoms with Gasteiger partial charge in [0.25, 0.3) is 0 Å². The van der Waals surface area contributed by atoms with Gasteiger partial charge in [-0.25, -0.2) is 4.98 Å². The molecule has 4 unspecified atom stereocenters. The molecule has 1 aromatic heterocycles. The Balaban J connectivity index is 1.41. The maximum absolute atomic E-state index is 5.56. The number of aromatic nitrogens is 2. The molecule has 0 saturated heterocycles. The van der Waals surface area contributed by atoms with E-state index in [1.54, 1.807) is 6.20 Å². The Hall–Kier alpha value is -1.32. The molecule has 4 rings (SSSR count). The molecular weight excluding hydrogens is 238 g/mol. The molecule has 0 aliphatic heterocycles. The first-order chi connectivity index (χ1) is 9.36. The van der Waals surface area contributed by atoms with Crippen molar-refractivity contribution >= 4 is 5.95 Å². The first-order valence-corrected chi connectivity index (χ1v) is 7.59. The third-order valence-electron chi connectivity index (χ3n) is 5.12. The topological polar surface area (TPSA) is 47.0 Å². The second-order valence-electron chi connectivity index (χ2n) is 6.22. The molecule has 1 aromatic rings. The Morgan fingerprint density at radius 1 is 1.32 bits per heavy atom. The molecule has 0 aromatic carbocycles. The van der Waals surface area contributed by atoms with Gasteiger partial charge in [0.2, 0.25) is 11.8 Å². The Bertz CT molecular complexity index is 462. The number of anilines is 1. The summed E-state index contributed by atoms with van der Waals surface area (Å²) < 4.78 is 5.56. The van der Waals surface area contributed by atoms with E-state index in [2.05, 4.69) is 22.2 Å². The van der Waals surface area contributed by atoms with Crippen LogP contribution < -0.4 is 10.1 Å². The minimum atomic E-state index is 0.632. The maximum atomic E-state index is 5.56. The van der Waals surface area contributed by atoms with Crippen LogP contribution in [0.5, 0.6) is 5.88 Å². The lowest BCUT2D eigenvalue weighted by Crippen LogP contribution is -2.14. The number of nitrogens with zero attached hydrogens (tertiary/aromatic N) is 2. The monoisotopic (exact) mass is 259 g/mol. The molecule has 19 heavy (non-hydrogen) atoms. The van der Waals surface area contributed by atoms with E-state index in [0.29, 0.717) is 11.9 Å². The van der Waals surface area contributed by atoms with Crippen LogP contribution in [0.1, 0.15) is 32.6 Å². The summed E-state index contributed by atoms with van der Waals surface area (Å²) in [6.45, 7) is 2.82.